The average molecular weight is 246 g/mol. The lowest BCUT2D eigenvalue weighted by molar-refractivity contribution is 0.276. The van der Waals surface area contributed by atoms with Gasteiger partial charge >= 0.3 is 0 Å². The maximum atomic E-state index is 5.48. The molecule has 0 aromatic carbocycles. The van der Waals surface area contributed by atoms with Crippen molar-refractivity contribution in [3.63, 3.8) is 0 Å². The van der Waals surface area contributed by atoms with Crippen LogP contribution in [0.1, 0.15) is 15.3 Å². The first-order valence-corrected chi connectivity index (χ1v) is 6.27. The summed E-state index contributed by atoms with van der Waals surface area (Å²) in [6, 6.07) is 2.02. The summed E-state index contributed by atoms with van der Waals surface area (Å²) >= 11 is 1.52. The van der Waals surface area contributed by atoms with Gasteiger partial charge in [0.1, 0.15) is 0 Å². The lowest BCUT2D eigenvalue weighted by Gasteiger charge is -2.18. The number of terminal acetylenes is 2. The number of thiophene rings is 1. The Bertz CT molecular complexity index is 446. The summed E-state index contributed by atoms with van der Waals surface area (Å²) < 4.78 is 0. The van der Waals surface area contributed by atoms with E-state index in [0.29, 0.717) is 0 Å². The first-order chi connectivity index (χ1) is 8.06. The average Bonchev–Trinajstić information content (AvgIpc) is 2.68. The van der Waals surface area contributed by atoms with Crippen molar-refractivity contribution >= 4 is 11.3 Å². The highest BCUT2D eigenvalue weighted by atomic mass is 32.1. The van der Waals surface area contributed by atoms with E-state index < -0.39 is 0 Å². The largest absolute Gasteiger partial charge is 0.308 e. The van der Waals surface area contributed by atoms with Gasteiger partial charge in [0.05, 0.1) is 9.75 Å². The summed E-state index contributed by atoms with van der Waals surface area (Å²) in [6.07, 6.45) is 10.9. The Kier molecular flexibility index (Phi) is 5.25. The summed E-state index contributed by atoms with van der Waals surface area (Å²) in [6.45, 7) is 2.90. The predicted molar refractivity (Wildman–Crippen MR) is 75.1 cm³/mol. The molecule has 90 valence electrons. The molecular formula is C14H18N2S. The molecule has 0 saturated heterocycles. The summed E-state index contributed by atoms with van der Waals surface area (Å²) in [5.41, 5.74) is 1.16. The van der Waals surface area contributed by atoms with Crippen LogP contribution in [0.4, 0.5) is 0 Å². The zero-order chi connectivity index (χ0) is 12.8. The zero-order valence-electron chi connectivity index (χ0n) is 10.7. The van der Waals surface area contributed by atoms with Crippen LogP contribution in [0, 0.1) is 24.7 Å². The zero-order valence-corrected chi connectivity index (χ0v) is 11.5. The lowest BCUT2D eigenvalue weighted by Crippen LogP contribution is -2.28. The SMILES string of the molecule is C#Cc1cc(CN(C)CCN(C)C)c(C#C)s1. The van der Waals surface area contributed by atoms with Crippen molar-refractivity contribution in [3.8, 4) is 24.7 Å². The van der Waals surface area contributed by atoms with Gasteiger partial charge in [-0.1, -0.05) is 11.8 Å². The van der Waals surface area contributed by atoms with Crippen molar-refractivity contribution in [2.24, 2.45) is 0 Å². The third-order valence-corrected chi connectivity index (χ3v) is 3.49. The molecule has 0 aliphatic heterocycles. The highest BCUT2D eigenvalue weighted by Crippen LogP contribution is 2.22. The van der Waals surface area contributed by atoms with Crippen LogP contribution < -0.4 is 0 Å². The van der Waals surface area contributed by atoms with Gasteiger partial charge in [0.15, 0.2) is 0 Å². The van der Waals surface area contributed by atoms with Crippen LogP contribution >= 0.6 is 11.3 Å². The molecule has 0 amide bonds. The highest BCUT2D eigenvalue weighted by molar-refractivity contribution is 7.13. The van der Waals surface area contributed by atoms with E-state index >= 15 is 0 Å². The molecule has 0 radical (unpaired) electrons. The van der Waals surface area contributed by atoms with E-state index in [1.165, 1.54) is 11.3 Å². The monoisotopic (exact) mass is 246 g/mol. The Hall–Kier alpha value is -1.26. The second-order valence-corrected chi connectivity index (χ2v) is 5.35. The molecule has 0 fully saturated rings. The van der Waals surface area contributed by atoms with Gasteiger partial charge in [-0.15, -0.1) is 24.2 Å². The number of likely N-dealkylation sites (N-methyl/N-ethyl adjacent to an activating group) is 2. The highest BCUT2D eigenvalue weighted by Gasteiger charge is 2.08. The first kappa shape index (κ1) is 13.8. The molecule has 0 spiro atoms. The minimum Gasteiger partial charge on any atom is -0.308 e. The smallest absolute Gasteiger partial charge is 0.0824 e. The second-order valence-electron chi connectivity index (χ2n) is 4.29. The van der Waals surface area contributed by atoms with E-state index in [1.54, 1.807) is 0 Å². The standard InChI is InChI=1S/C14H18N2S/c1-6-13-10-12(14(7-2)17-13)11-16(5)9-8-15(3)4/h1-2,10H,8-9,11H2,3-5H3. The third kappa shape index (κ3) is 4.24. The maximum Gasteiger partial charge on any atom is 0.0824 e. The van der Waals surface area contributed by atoms with Crippen molar-refractivity contribution in [1.29, 1.82) is 0 Å². The van der Waals surface area contributed by atoms with Crippen LogP contribution in [0.3, 0.4) is 0 Å². The Morgan fingerprint density at radius 1 is 1.18 bits per heavy atom. The fourth-order valence-corrected chi connectivity index (χ4v) is 2.27. The van der Waals surface area contributed by atoms with E-state index in [4.69, 9.17) is 12.8 Å². The van der Waals surface area contributed by atoms with Crippen LogP contribution in [-0.2, 0) is 6.54 Å². The fourth-order valence-electron chi connectivity index (χ4n) is 1.48. The van der Waals surface area contributed by atoms with Crippen molar-refractivity contribution in [3.05, 3.63) is 21.4 Å². The molecular weight excluding hydrogens is 228 g/mol. The molecule has 1 aromatic rings. The summed E-state index contributed by atoms with van der Waals surface area (Å²) in [4.78, 5) is 6.28. The second kappa shape index (κ2) is 6.47. The van der Waals surface area contributed by atoms with Gasteiger partial charge in [0.25, 0.3) is 0 Å². The summed E-state index contributed by atoms with van der Waals surface area (Å²) in [5.74, 6) is 5.35. The molecule has 1 rings (SSSR count). The number of hydrogen-bond acceptors (Lipinski definition) is 3. The quantitative estimate of drug-likeness (QED) is 0.730. The first-order valence-electron chi connectivity index (χ1n) is 5.46. The Labute approximate surface area is 108 Å². The fraction of sp³-hybridized carbons (Fsp3) is 0.429. The van der Waals surface area contributed by atoms with Crippen molar-refractivity contribution in [2.75, 3.05) is 34.2 Å². The molecule has 17 heavy (non-hydrogen) atoms. The molecule has 0 aliphatic rings. The van der Waals surface area contributed by atoms with E-state index in [9.17, 15) is 0 Å². The normalized spacial score (nSPS) is 10.5. The van der Waals surface area contributed by atoms with Crippen molar-refractivity contribution < 1.29 is 0 Å². The number of nitrogens with zero attached hydrogens (tertiary/aromatic N) is 2. The Balaban J connectivity index is 2.65. The van der Waals surface area contributed by atoms with Crippen LogP contribution in [0.5, 0.6) is 0 Å². The predicted octanol–water partition coefficient (Wildman–Crippen LogP) is 1.70. The molecule has 3 heteroatoms. The number of hydrogen-bond donors (Lipinski definition) is 0. The van der Waals surface area contributed by atoms with Gasteiger partial charge in [-0.2, -0.15) is 0 Å². The minimum atomic E-state index is 0.853. The van der Waals surface area contributed by atoms with Gasteiger partial charge in [-0.25, -0.2) is 0 Å². The minimum absolute atomic E-state index is 0.853. The molecule has 1 aromatic heterocycles. The van der Waals surface area contributed by atoms with Crippen LogP contribution in [0.15, 0.2) is 6.07 Å². The molecule has 0 atom stereocenters. The molecule has 0 N–H and O–H groups in total. The lowest BCUT2D eigenvalue weighted by atomic mass is 10.2. The van der Waals surface area contributed by atoms with E-state index in [0.717, 1.165) is 35.0 Å². The van der Waals surface area contributed by atoms with Crippen LogP contribution in [0.25, 0.3) is 0 Å². The Morgan fingerprint density at radius 3 is 2.41 bits per heavy atom. The summed E-state index contributed by atoms with van der Waals surface area (Å²) in [5, 5.41) is 0. The van der Waals surface area contributed by atoms with Crippen molar-refractivity contribution in [2.45, 2.75) is 6.54 Å². The summed E-state index contributed by atoms with van der Waals surface area (Å²) in [7, 11) is 6.24. The molecule has 0 unspecified atom stereocenters. The van der Waals surface area contributed by atoms with Gasteiger partial charge in [0, 0.05) is 19.6 Å². The van der Waals surface area contributed by atoms with Crippen molar-refractivity contribution in [1.82, 2.24) is 9.80 Å². The van der Waals surface area contributed by atoms with Gasteiger partial charge in [-0.3, -0.25) is 0 Å². The molecule has 0 aliphatic carbocycles. The molecule has 2 nitrogen and oxygen atoms in total. The molecule has 0 bridgehead atoms. The van der Waals surface area contributed by atoms with Gasteiger partial charge in [-0.05, 0) is 32.8 Å². The molecule has 1 heterocycles. The van der Waals surface area contributed by atoms with E-state index in [1.807, 2.05) is 6.07 Å². The maximum absolute atomic E-state index is 5.48. The number of rotatable bonds is 5. The van der Waals surface area contributed by atoms with Crippen LogP contribution in [-0.4, -0.2) is 44.0 Å². The van der Waals surface area contributed by atoms with E-state index in [2.05, 4.69) is 42.8 Å². The topological polar surface area (TPSA) is 6.48 Å². The third-order valence-electron chi connectivity index (χ3n) is 2.45. The van der Waals surface area contributed by atoms with E-state index in [-0.39, 0.29) is 0 Å². The van der Waals surface area contributed by atoms with Gasteiger partial charge in [0.2, 0.25) is 0 Å². The van der Waals surface area contributed by atoms with Crippen LogP contribution in [0.2, 0.25) is 0 Å². The Morgan fingerprint density at radius 2 is 1.88 bits per heavy atom. The molecule has 0 saturated carbocycles. The van der Waals surface area contributed by atoms with Gasteiger partial charge < -0.3 is 9.80 Å².